The van der Waals surface area contributed by atoms with Crippen LogP contribution in [0.2, 0.25) is 0 Å². The van der Waals surface area contributed by atoms with Gasteiger partial charge >= 0.3 is 6.03 Å². The van der Waals surface area contributed by atoms with Gasteiger partial charge in [-0.05, 0) is 42.0 Å². The molecule has 0 saturated heterocycles. The maximum atomic E-state index is 11.9. The van der Waals surface area contributed by atoms with E-state index >= 15 is 0 Å². The summed E-state index contributed by atoms with van der Waals surface area (Å²) in [5.41, 5.74) is 1.27. The monoisotopic (exact) mass is 386 g/mol. The number of nitrogens with one attached hydrogen (secondary N) is 2. The zero-order valence-corrected chi connectivity index (χ0v) is 16.0. The number of carbonyl (C=O) groups is 1. The number of carbonyl (C=O) groups excluding carboxylic acids is 1. The van der Waals surface area contributed by atoms with Gasteiger partial charge in [-0.3, -0.25) is 0 Å². The van der Waals surface area contributed by atoms with Gasteiger partial charge in [-0.2, -0.15) is 0 Å². The van der Waals surface area contributed by atoms with Gasteiger partial charge < -0.3 is 15.7 Å². The van der Waals surface area contributed by atoms with Crippen LogP contribution in [0.4, 0.5) is 4.79 Å². The first-order valence-corrected chi connectivity index (χ1v) is 10.3. The topological polar surface area (TPSA) is 61.4 Å². The van der Waals surface area contributed by atoms with Crippen molar-refractivity contribution in [1.29, 1.82) is 0 Å². The molecule has 0 aliphatic carbocycles. The summed E-state index contributed by atoms with van der Waals surface area (Å²) in [5, 5.41) is 17.9. The average Bonchev–Trinajstić information content (AvgIpc) is 3.35. The van der Waals surface area contributed by atoms with E-state index in [4.69, 9.17) is 0 Å². The SMILES string of the molecule is O=C(NCCCc1ccccc1)NCC(O)c1ccc(-c2cccs2)s1. The van der Waals surface area contributed by atoms with Gasteiger partial charge in [0, 0.05) is 21.2 Å². The van der Waals surface area contributed by atoms with Crippen molar-refractivity contribution in [3.63, 3.8) is 0 Å². The van der Waals surface area contributed by atoms with Crippen LogP contribution in [0.3, 0.4) is 0 Å². The van der Waals surface area contributed by atoms with E-state index in [-0.39, 0.29) is 12.6 Å². The molecular formula is C20H22N2O2S2. The van der Waals surface area contributed by atoms with Gasteiger partial charge in [0.15, 0.2) is 0 Å². The van der Waals surface area contributed by atoms with Crippen LogP contribution in [-0.4, -0.2) is 24.2 Å². The maximum absolute atomic E-state index is 11.9. The molecule has 0 fully saturated rings. The summed E-state index contributed by atoms with van der Waals surface area (Å²) < 4.78 is 0. The second-order valence-corrected chi connectivity index (χ2v) is 7.98. The Balaban J connectivity index is 1.36. The Kier molecular flexibility index (Phi) is 6.82. The van der Waals surface area contributed by atoms with Crippen molar-refractivity contribution in [2.24, 2.45) is 0 Å². The molecule has 1 unspecified atom stereocenters. The number of hydrogen-bond acceptors (Lipinski definition) is 4. The summed E-state index contributed by atoms with van der Waals surface area (Å²) in [4.78, 5) is 15.0. The minimum absolute atomic E-state index is 0.203. The van der Waals surface area contributed by atoms with E-state index in [1.165, 1.54) is 10.4 Å². The van der Waals surface area contributed by atoms with Crippen LogP contribution in [0.5, 0.6) is 0 Å². The van der Waals surface area contributed by atoms with Crippen LogP contribution in [0.15, 0.2) is 60.0 Å². The smallest absolute Gasteiger partial charge is 0.314 e. The number of benzene rings is 1. The van der Waals surface area contributed by atoms with E-state index in [0.717, 1.165) is 22.6 Å². The molecule has 2 amide bonds. The number of rotatable bonds is 8. The van der Waals surface area contributed by atoms with Crippen molar-refractivity contribution >= 4 is 28.7 Å². The molecule has 3 aromatic rings. The number of aryl methyl sites for hydroxylation is 1. The molecule has 4 nitrogen and oxygen atoms in total. The fraction of sp³-hybridized carbons (Fsp3) is 0.250. The van der Waals surface area contributed by atoms with E-state index in [2.05, 4.69) is 28.8 Å². The molecule has 3 rings (SSSR count). The Bertz CT molecular complexity index is 800. The lowest BCUT2D eigenvalue weighted by molar-refractivity contribution is 0.176. The third-order valence-corrected chi connectivity index (χ3v) is 6.20. The lowest BCUT2D eigenvalue weighted by Crippen LogP contribution is -2.38. The van der Waals surface area contributed by atoms with Crippen molar-refractivity contribution in [2.75, 3.05) is 13.1 Å². The maximum Gasteiger partial charge on any atom is 0.314 e. The quantitative estimate of drug-likeness (QED) is 0.501. The number of amides is 2. The lowest BCUT2D eigenvalue weighted by atomic mass is 10.1. The van der Waals surface area contributed by atoms with Gasteiger partial charge in [0.1, 0.15) is 6.10 Å². The third-order valence-electron chi connectivity index (χ3n) is 3.95. The summed E-state index contributed by atoms with van der Waals surface area (Å²) in [7, 11) is 0. The second-order valence-electron chi connectivity index (χ2n) is 5.92. The van der Waals surface area contributed by atoms with Crippen LogP contribution in [0.1, 0.15) is 23.0 Å². The van der Waals surface area contributed by atoms with Gasteiger partial charge in [0.2, 0.25) is 0 Å². The molecule has 0 bridgehead atoms. The van der Waals surface area contributed by atoms with Crippen molar-refractivity contribution in [1.82, 2.24) is 10.6 Å². The predicted octanol–water partition coefficient (Wildman–Crippen LogP) is 4.44. The van der Waals surface area contributed by atoms with Crippen LogP contribution in [0, 0.1) is 0 Å². The van der Waals surface area contributed by atoms with Gasteiger partial charge in [0.05, 0.1) is 6.54 Å². The van der Waals surface area contributed by atoms with E-state index in [1.54, 1.807) is 22.7 Å². The van der Waals surface area contributed by atoms with E-state index < -0.39 is 6.10 Å². The van der Waals surface area contributed by atoms with Gasteiger partial charge in [-0.15, -0.1) is 22.7 Å². The Morgan fingerprint density at radius 2 is 1.85 bits per heavy atom. The first kappa shape index (κ1) is 18.6. The molecular weight excluding hydrogens is 364 g/mol. The molecule has 1 atom stereocenters. The Morgan fingerprint density at radius 1 is 1.00 bits per heavy atom. The van der Waals surface area contributed by atoms with Gasteiger partial charge in [0.25, 0.3) is 0 Å². The molecule has 6 heteroatoms. The van der Waals surface area contributed by atoms with Crippen LogP contribution >= 0.6 is 22.7 Å². The molecule has 1 aromatic carbocycles. The van der Waals surface area contributed by atoms with Gasteiger partial charge in [-0.25, -0.2) is 4.79 Å². The van der Waals surface area contributed by atoms with E-state index in [0.29, 0.717) is 6.54 Å². The molecule has 3 N–H and O–H groups in total. The van der Waals surface area contributed by atoms with E-state index in [1.807, 2.05) is 41.8 Å². The molecule has 0 aliphatic rings. The first-order valence-electron chi connectivity index (χ1n) is 8.59. The summed E-state index contributed by atoms with van der Waals surface area (Å²) in [6.07, 6.45) is 1.13. The first-order chi connectivity index (χ1) is 12.7. The fourth-order valence-corrected chi connectivity index (χ4v) is 4.40. The molecule has 0 spiro atoms. The minimum atomic E-state index is -0.691. The zero-order chi connectivity index (χ0) is 18.2. The van der Waals surface area contributed by atoms with Crippen LogP contribution in [-0.2, 0) is 6.42 Å². The molecule has 26 heavy (non-hydrogen) atoms. The highest BCUT2D eigenvalue weighted by Crippen LogP contribution is 2.33. The fourth-order valence-electron chi connectivity index (χ4n) is 2.57. The van der Waals surface area contributed by atoms with Crippen LogP contribution < -0.4 is 10.6 Å². The number of aliphatic hydroxyl groups is 1. The van der Waals surface area contributed by atoms with Crippen LogP contribution in [0.25, 0.3) is 9.75 Å². The average molecular weight is 387 g/mol. The Morgan fingerprint density at radius 3 is 2.62 bits per heavy atom. The number of hydrogen-bond donors (Lipinski definition) is 3. The molecule has 0 radical (unpaired) electrons. The number of aliphatic hydroxyl groups excluding tert-OH is 1. The molecule has 2 heterocycles. The Hall–Kier alpha value is -2.15. The summed E-state index contributed by atoms with van der Waals surface area (Å²) in [5.74, 6) is 0. The van der Waals surface area contributed by atoms with Crippen molar-refractivity contribution in [3.05, 3.63) is 70.4 Å². The molecule has 0 aliphatic heterocycles. The van der Waals surface area contributed by atoms with E-state index in [9.17, 15) is 9.90 Å². The largest absolute Gasteiger partial charge is 0.386 e. The number of thiophene rings is 2. The standard InChI is InChI=1S/C20H22N2O2S2/c23-16(17-10-11-19(26-17)18-9-5-13-25-18)14-22-20(24)21-12-4-8-15-6-2-1-3-7-15/h1-3,5-7,9-11,13,16,23H,4,8,12,14H2,(H2,21,22,24). The molecule has 2 aromatic heterocycles. The Labute approximate surface area is 161 Å². The highest BCUT2D eigenvalue weighted by Gasteiger charge is 2.13. The third kappa shape index (κ3) is 5.42. The zero-order valence-electron chi connectivity index (χ0n) is 14.4. The predicted molar refractivity (Wildman–Crippen MR) is 109 cm³/mol. The number of urea groups is 1. The summed E-state index contributed by atoms with van der Waals surface area (Å²) in [6, 6.07) is 18.0. The van der Waals surface area contributed by atoms with Gasteiger partial charge in [-0.1, -0.05) is 36.4 Å². The highest BCUT2D eigenvalue weighted by molar-refractivity contribution is 7.21. The minimum Gasteiger partial charge on any atom is -0.386 e. The lowest BCUT2D eigenvalue weighted by Gasteiger charge is -2.11. The van der Waals surface area contributed by atoms with Crippen molar-refractivity contribution in [2.45, 2.75) is 18.9 Å². The van der Waals surface area contributed by atoms with Crippen molar-refractivity contribution < 1.29 is 9.90 Å². The molecule has 136 valence electrons. The summed E-state index contributed by atoms with van der Waals surface area (Å²) in [6.45, 7) is 0.813. The second kappa shape index (κ2) is 9.52. The highest BCUT2D eigenvalue weighted by atomic mass is 32.1. The normalized spacial score (nSPS) is 11.9. The summed E-state index contributed by atoms with van der Waals surface area (Å²) >= 11 is 3.24. The van der Waals surface area contributed by atoms with Crippen molar-refractivity contribution in [3.8, 4) is 9.75 Å². The molecule has 0 saturated carbocycles.